The van der Waals surface area contributed by atoms with E-state index in [-0.39, 0.29) is 11.8 Å². The molecule has 0 bridgehead atoms. The number of rotatable bonds is 7. The average molecular weight is 342 g/mol. The van der Waals surface area contributed by atoms with Crippen LogP contribution in [0.25, 0.3) is 0 Å². The summed E-state index contributed by atoms with van der Waals surface area (Å²) in [5.41, 5.74) is 7.37. The maximum Gasteiger partial charge on any atom is 0.342 e. The molecule has 0 aliphatic carbocycles. The fourth-order valence-corrected chi connectivity index (χ4v) is 2.43. The number of hydrogen-bond donors (Lipinski definition) is 1. The standard InChI is InChI=1S/C19H22N2O4/c1-4-15(13-8-6-5-7-9-13)19(22)25-21-18(20)14-10-11-16(23-2)17(12-14)24-3/h5-12,15H,4H2,1-3H3,(H2,20,21)/t15-/m1/s1. The first-order valence-corrected chi connectivity index (χ1v) is 7.92. The van der Waals surface area contributed by atoms with Crippen LogP contribution >= 0.6 is 0 Å². The molecule has 0 aromatic heterocycles. The van der Waals surface area contributed by atoms with Crippen molar-refractivity contribution in [3.05, 3.63) is 59.7 Å². The van der Waals surface area contributed by atoms with Gasteiger partial charge in [0.1, 0.15) is 0 Å². The Balaban J connectivity index is 2.13. The summed E-state index contributed by atoms with van der Waals surface area (Å²) in [6, 6.07) is 14.5. The third-order valence-electron chi connectivity index (χ3n) is 3.81. The molecule has 0 unspecified atom stereocenters. The van der Waals surface area contributed by atoms with Crippen LogP contribution in [0.1, 0.15) is 30.4 Å². The molecule has 0 fully saturated rings. The van der Waals surface area contributed by atoms with Gasteiger partial charge in [-0.2, -0.15) is 0 Å². The van der Waals surface area contributed by atoms with Crippen LogP contribution in [-0.2, 0) is 9.63 Å². The first-order chi connectivity index (χ1) is 12.1. The molecule has 132 valence electrons. The second kappa shape index (κ2) is 8.73. The number of benzene rings is 2. The van der Waals surface area contributed by atoms with Crippen LogP contribution in [0, 0.1) is 0 Å². The fraction of sp³-hybridized carbons (Fsp3) is 0.263. The second-order valence-corrected chi connectivity index (χ2v) is 5.33. The molecule has 2 rings (SSSR count). The number of ether oxygens (including phenoxy) is 2. The summed E-state index contributed by atoms with van der Waals surface area (Å²) < 4.78 is 10.4. The largest absolute Gasteiger partial charge is 0.493 e. The minimum absolute atomic E-state index is 0.0808. The van der Waals surface area contributed by atoms with Gasteiger partial charge in [0.05, 0.1) is 20.1 Å². The molecule has 0 radical (unpaired) electrons. The lowest BCUT2D eigenvalue weighted by Crippen LogP contribution is -2.18. The maximum atomic E-state index is 12.3. The van der Waals surface area contributed by atoms with E-state index in [9.17, 15) is 4.79 Å². The third-order valence-corrected chi connectivity index (χ3v) is 3.81. The molecule has 0 amide bonds. The highest BCUT2D eigenvalue weighted by Crippen LogP contribution is 2.27. The Labute approximate surface area is 147 Å². The number of hydrogen-bond acceptors (Lipinski definition) is 5. The summed E-state index contributed by atoms with van der Waals surface area (Å²) in [5.74, 6) is 0.337. The van der Waals surface area contributed by atoms with E-state index in [1.807, 2.05) is 37.3 Å². The lowest BCUT2D eigenvalue weighted by molar-refractivity contribution is -0.145. The monoisotopic (exact) mass is 342 g/mol. The summed E-state index contributed by atoms with van der Waals surface area (Å²) in [6.07, 6.45) is 0.606. The van der Waals surface area contributed by atoms with Gasteiger partial charge in [0.2, 0.25) is 0 Å². The van der Waals surface area contributed by atoms with Gasteiger partial charge >= 0.3 is 5.97 Å². The van der Waals surface area contributed by atoms with Crippen molar-refractivity contribution in [1.29, 1.82) is 0 Å². The second-order valence-electron chi connectivity index (χ2n) is 5.33. The van der Waals surface area contributed by atoms with E-state index in [0.29, 0.717) is 23.5 Å². The molecule has 0 spiro atoms. The lowest BCUT2D eigenvalue weighted by Gasteiger charge is -2.12. The van der Waals surface area contributed by atoms with Gasteiger partial charge in [-0.25, -0.2) is 4.79 Å². The number of methoxy groups -OCH3 is 2. The Morgan fingerprint density at radius 1 is 1.08 bits per heavy atom. The van der Waals surface area contributed by atoms with Gasteiger partial charge in [-0.1, -0.05) is 42.4 Å². The van der Waals surface area contributed by atoms with E-state index < -0.39 is 5.97 Å². The Morgan fingerprint density at radius 3 is 2.36 bits per heavy atom. The highest BCUT2D eigenvalue weighted by molar-refractivity contribution is 5.98. The maximum absolute atomic E-state index is 12.3. The molecule has 25 heavy (non-hydrogen) atoms. The van der Waals surface area contributed by atoms with E-state index in [0.717, 1.165) is 5.56 Å². The number of carbonyl (C=O) groups excluding carboxylic acids is 1. The first kappa shape index (κ1) is 18.3. The van der Waals surface area contributed by atoms with Crippen molar-refractivity contribution in [2.45, 2.75) is 19.3 Å². The van der Waals surface area contributed by atoms with Crippen LogP contribution in [0.4, 0.5) is 0 Å². The van der Waals surface area contributed by atoms with Crippen LogP contribution in [0.15, 0.2) is 53.7 Å². The average Bonchev–Trinajstić information content (AvgIpc) is 2.66. The van der Waals surface area contributed by atoms with Crippen molar-refractivity contribution in [1.82, 2.24) is 0 Å². The molecule has 6 heteroatoms. The third kappa shape index (κ3) is 4.50. The van der Waals surface area contributed by atoms with Gasteiger partial charge in [0.15, 0.2) is 17.3 Å². The predicted molar refractivity (Wildman–Crippen MR) is 95.8 cm³/mol. The molecular formula is C19H22N2O4. The molecule has 2 aromatic rings. The predicted octanol–water partition coefficient (Wildman–Crippen LogP) is 3.06. The first-order valence-electron chi connectivity index (χ1n) is 7.92. The van der Waals surface area contributed by atoms with Crippen LogP contribution in [0.2, 0.25) is 0 Å². The lowest BCUT2D eigenvalue weighted by atomic mass is 9.97. The van der Waals surface area contributed by atoms with Crippen molar-refractivity contribution < 1.29 is 19.1 Å². The number of carbonyl (C=O) groups is 1. The molecule has 6 nitrogen and oxygen atoms in total. The molecule has 0 heterocycles. The van der Waals surface area contributed by atoms with E-state index in [1.165, 1.54) is 7.11 Å². The minimum Gasteiger partial charge on any atom is -0.493 e. The number of amidine groups is 1. The smallest absolute Gasteiger partial charge is 0.342 e. The number of oxime groups is 1. The molecule has 0 saturated carbocycles. The topological polar surface area (TPSA) is 83.1 Å². The van der Waals surface area contributed by atoms with Gasteiger partial charge in [0.25, 0.3) is 0 Å². The van der Waals surface area contributed by atoms with Gasteiger partial charge in [0, 0.05) is 5.56 Å². The van der Waals surface area contributed by atoms with Crippen LogP contribution in [0.3, 0.4) is 0 Å². The van der Waals surface area contributed by atoms with Crippen molar-refractivity contribution in [2.75, 3.05) is 14.2 Å². The Hall–Kier alpha value is -3.02. The molecule has 1 atom stereocenters. The van der Waals surface area contributed by atoms with Crippen molar-refractivity contribution in [2.24, 2.45) is 10.9 Å². The van der Waals surface area contributed by atoms with Crippen molar-refractivity contribution in [3.63, 3.8) is 0 Å². The van der Waals surface area contributed by atoms with Gasteiger partial charge < -0.3 is 20.0 Å². The van der Waals surface area contributed by atoms with Crippen LogP contribution in [0.5, 0.6) is 11.5 Å². The Morgan fingerprint density at radius 2 is 1.76 bits per heavy atom. The van der Waals surface area contributed by atoms with E-state index in [2.05, 4.69) is 5.16 Å². The van der Waals surface area contributed by atoms with E-state index >= 15 is 0 Å². The van der Waals surface area contributed by atoms with Gasteiger partial charge in [-0.3, -0.25) is 0 Å². The zero-order valence-corrected chi connectivity index (χ0v) is 14.6. The summed E-state index contributed by atoms with van der Waals surface area (Å²) in [7, 11) is 3.08. The summed E-state index contributed by atoms with van der Waals surface area (Å²) in [5, 5.41) is 3.77. The van der Waals surface area contributed by atoms with Crippen molar-refractivity contribution >= 4 is 11.8 Å². The molecule has 0 aliphatic rings. The molecule has 0 aliphatic heterocycles. The van der Waals surface area contributed by atoms with Crippen molar-refractivity contribution in [3.8, 4) is 11.5 Å². The SMILES string of the molecule is CC[C@@H](C(=O)O/N=C(/N)c1ccc(OC)c(OC)c1)c1ccccc1. The summed E-state index contributed by atoms with van der Waals surface area (Å²) in [4.78, 5) is 17.4. The normalized spacial score (nSPS) is 12.4. The summed E-state index contributed by atoms with van der Waals surface area (Å²) in [6.45, 7) is 1.92. The molecule has 0 saturated heterocycles. The highest BCUT2D eigenvalue weighted by Gasteiger charge is 2.20. The number of nitrogens with zero attached hydrogens (tertiary/aromatic N) is 1. The number of nitrogens with two attached hydrogens (primary N) is 1. The molecule has 2 N–H and O–H groups in total. The Kier molecular flexibility index (Phi) is 6.39. The zero-order chi connectivity index (χ0) is 18.2. The minimum atomic E-state index is -0.447. The van der Waals surface area contributed by atoms with E-state index in [4.69, 9.17) is 20.0 Å². The summed E-state index contributed by atoms with van der Waals surface area (Å²) >= 11 is 0. The van der Waals surface area contributed by atoms with Gasteiger partial charge in [-0.15, -0.1) is 0 Å². The van der Waals surface area contributed by atoms with Crippen LogP contribution < -0.4 is 15.2 Å². The van der Waals surface area contributed by atoms with E-state index in [1.54, 1.807) is 25.3 Å². The van der Waals surface area contributed by atoms with Gasteiger partial charge in [-0.05, 0) is 30.2 Å². The Bertz CT molecular complexity index is 744. The molecule has 2 aromatic carbocycles. The quantitative estimate of drug-likeness (QED) is 0.362. The highest BCUT2D eigenvalue weighted by atomic mass is 16.7. The molecular weight excluding hydrogens is 320 g/mol. The van der Waals surface area contributed by atoms with Crippen LogP contribution in [-0.4, -0.2) is 26.0 Å². The zero-order valence-electron chi connectivity index (χ0n) is 14.6. The fourth-order valence-electron chi connectivity index (χ4n) is 2.43.